The summed E-state index contributed by atoms with van der Waals surface area (Å²) in [6.45, 7) is 3.55. The molecule has 108 valence electrons. The number of piperidine rings is 1. The van der Waals surface area contributed by atoms with Crippen molar-refractivity contribution in [1.82, 2.24) is 15.3 Å². The largest absolute Gasteiger partial charge is 0.477 e. The Balaban J connectivity index is 1.84. The molecule has 1 aromatic rings. The van der Waals surface area contributed by atoms with Crippen LogP contribution in [0.4, 0.5) is 11.8 Å². The van der Waals surface area contributed by atoms with Gasteiger partial charge in [-0.3, -0.25) is 0 Å². The van der Waals surface area contributed by atoms with E-state index >= 15 is 0 Å². The number of carboxylic acid groups (broad SMARTS) is 1. The second kappa shape index (κ2) is 5.62. The summed E-state index contributed by atoms with van der Waals surface area (Å²) in [5, 5.41) is 15.6. The Bertz CT molecular complexity index is 498. The summed E-state index contributed by atoms with van der Waals surface area (Å²) in [4.78, 5) is 21.9. The molecule has 2 fully saturated rings. The summed E-state index contributed by atoms with van der Waals surface area (Å²) < 4.78 is 0. The monoisotopic (exact) mass is 277 g/mol. The van der Waals surface area contributed by atoms with Gasteiger partial charge < -0.3 is 20.6 Å². The Morgan fingerprint density at radius 3 is 2.65 bits per heavy atom. The molecular formula is C13H19N5O2. The summed E-state index contributed by atoms with van der Waals surface area (Å²) in [5.41, 5.74) is 0.0513. The Hall–Kier alpha value is -1.89. The maximum absolute atomic E-state index is 11.2. The minimum Gasteiger partial charge on any atom is -0.477 e. The molecule has 0 amide bonds. The predicted octanol–water partition coefficient (Wildman–Crippen LogP) is 0.549. The standard InChI is InChI=1S/C13H19N5O2/c19-12(20)10-6-11(15-9-7-14-8-9)17-13(16-10)18-4-2-1-3-5-18/h6,9,14H,1-5,7-8H2,(H,19,20)(H,15,16,17). The number of nitrogens with one attached hydrogen (secondary N) is 2. The van der Waals surface area contributed by atoms with E-state index in [1.54, 1.807) is 0 Å². The molecule has 0 radical (unpaired) electrons. The molecule has 3 rings (SSSR count). The van der Waals surface area contributed by atoms with Gasteiger partial charge in [0.25, 0.3) is 0 Å². The highest BCUT2D eigenvalue weighted by atomic mass is 16.4. The number of hydrogen-bond acceptors (Lipinski definition) is 6. The molecule has 0 aromatic carbocycles. The minimum atomic E-state index is -1.01. The smallest absolute Gasteiger partial charge is 0.354 e. The molecule has 1 aromatic heterocycles. The lowest BCUT2D eigenvalue weighted by molar-refractivity contribution is 0.0690. The Labute approximate surface area is 117 Å². The van der Waals surface area contributed by atoms with Crippen LogP contribution >= 0.6 is 0 Å². The van der Waals surface area contributed by atoms with E-state index in [9.17, 15) is 9.90 Å². The minimum absolute atomic E-state index is 0.0513. The van der Waals surface area contributed by atoms with Crippen molar-refractivity contribution in [3.05, 3.63) is 11.8 Å². The van der Waals surface area contributed by atoms with Crippen LogP contribution in [0.25, 0.3) is 0 Å². The van der Waals surface area contributed by atoms with Gasteiger partial charge in [0.15, 0.2) is 5.69 Å². The number of anilines is 2. The number of carbonyl (C=O) groups is 1. The van der Waals surface area contributed by atoms with Gasteiger partial charge in [0.1, 0.15) is 5.82 Å². The van der Waals surface area contributed by atoms with Gasteiger partial charge in [-0.2, -0.15) is 4.98 Å². The normalized spacial score (nSPS) is 19.5. The molecule has 2 aliphatic heterocycles. The summed E-state index contributed by atoms with van der Waals surface area (Å²) in [6.07, 6.45) is 3.43. The fourth-order valence-electron chi connectivity index (χ4n) is 2.45. The summed E-state index contributed by atoms with van der Waals surface area (Å²) >= 11 is 0. The highest BCUT2D eigenvalue weighted by Gasteiger charge is 2.21. The number of nitrogens with zero attached hydrogens (tertiary/aromatic N) is 3. The van der Waals surface area contributed by atoms with Crippen LogP contribution in [0.15, 0.2) is 6.07 Å². The first-order valence-electron chi connectivity index (χ1n) is 7.07. The SMILES string of the molecule is O=C(O)c1cc(NC2CNC2)nc(N2CCCCC2)n1. The van der Waals surface area contributed by atoms with Crippen LogP contribution in [0.3, 0.4) is 0 Å². The zero-order chi connectivity index (χ0) is 13.9. The molecule has 0 aliphatic carbocycles. The molecule has 7 heteroatoms. The van der Waals surface area contributed by atoms with E-state index in [0.29, 0.717) is 17.8 Å². The van der Waals surface area contributed by atoms with Crippen LogP contribution in [0.5, 0.6) is 0 Å². The van der Waals surface area contributed by atoms with Gasteiger partial charge in [-0.05, 0) is 19.3 Å². The maximum Gasteiger partial charge on any atom is 0.354 e. The predicted molar refractivity (Wildman–Crippen MR) is 75.3 cm³/mol. The first-order chi connectivity index (χ1) is 9.72. The molecule has 2 aliphatic rings. The van der Waals surface area contributed by atoms with Gasteiger partial charge in [-0.1, -0.05) is 0 Å². The van der Waals surface area contributed by atoms with E-state index in [0.717, 1.165) is 39.0 Å². The third-order valence-corrected chi connectivity index (χ3v) is 3.71. The third kappa shape index (κ3) is 2.82. The topological polar surface area (TPSA) is 90.4 Å². The summed E-state index contributed by atoms with van der Waals surface area (Å²) in [6, 6.07) is 1.83. The lowest BCUT2D eigenvalue weighted by atomic mass is 10.1. The maximum atomic E-state index is 11.2. The van der Waals surface area contributed by atoms with Crippen molar-refractivity contribution in [2.75, 3.05) is 36.4 Å². The molecule has 3 N–H and O–H groups in total. The fraction of sp³-hybridized carbons (Fsp3) is 0.615. The summed E-state index contributed by atoms with van der Waals surface area (Å²) in [5.74, 6) is 0.115. The summed E-state index contributed by atoms with van der Waals surface area (Å²) in [7, 11) is 0. The zero-order valence-corrected chi connectivity index (χ0v) is 11.3. The zero-order valence-electron chi connectivity index (χ0n) is 11.3. The Kier molecular flexibility index (Phi) is 3.68. The van der Waals surface area contributed by atoms with Crippen molar-refractivity contribution in [2.24, 2.45) is 0 Å². The van der Waals surface area contributed by atoms with Gasteiger partial charge in [0.2, 0.25) is 5.95 Å². The molecule has 2 saturated heterocycles. The van der Waals surface area contributed by atoms with Crippen molar-refractivity contribution in [2.45, 2.75) is 25.3 Å². The average molecular weight is 277 g/mol. The number of hydrogen-bond donors (Lipinski definition) is 3. The highest BCUT2D eigenvalue weighted by molar-refractivity contribution is 5.86. The quantitative estimate of drug-likeness (QED) is 0.740. The lowest BCUT2D eigenvalue weighted by Gasteiger charge is -2.30. The van der Waals surface area contributed by atoms with Crippen LogP contribution in [0, 0.1) is 0 Å². The molecule has 7 nitrogen and oxygen atoms in total. The average Bonchev–Trinajstić information content (AvgIpc) is 2.43. The van der Waals surface area contributed by atoms with E-state index in [1.807, 2.05) is 0 Å². The molecule has 0 unspecified atom stereocenters. The second-order valence-corrected chi connectivity index (χ2v) is 5.29. The number of aromatic carboxylic acids is 1. The number of aromatic nitrogens is 2. The molecule has 0 bridgehead atoms. The van der Waals surface area contributed by atoms with Crippen molar-refractivity contribution in [1.29, 1.82) is 0 Å². The van der Waals surface area contributed by atoms with E-state index in [1.165, 1.54) is 12.5 Å². The van der Waals surface area contributed by atoms with E-state index < -0.39 is 5.97 Å². The van der Waals surface area contributed by atoms with Gasteiger partial charge in [-0.25, -0.2) is 9.78 Å². The molecule has 20 heavy (non-hydrogen) atoms. The number of carboxylic acids is 1. The van der Waals surface area contributed by atoms with Crippen molar-refractivity contribution >= 4 is 17.7 Å². The Morgan fingerprint density at radius 2 is 2.05 bits per heavy atom. The molecule has 3 heterocycles. The van der Waals surface area contributed by atoms with E-state index in [2.05, 4.69) is 25.5 Å². The third-order valence-electron chi connectivity index (χ3n) is 3.71. The fourth-order valence-corrected chi connectivity index (χ4v) is 2.45. The molecule has 0 spiro atoms. The highest BCUT2D eigenvalue weighted by Crippen LogP contribution is 2.19. The van der Waals surface area contributed by atoms with Crippen LogP contribution < -0.4 is 15.5 Å². The van der Waals surface area contributed by atoms with Gasteiger partial charge in [0, 0.05) is 32.2 Å². The number of rotatable bonds is 4. The van der Waals surface area contributed by atoms with Crippen molar-refractivity contribution < 1.29 is 9.90 Å². The van der Waals surface area contributed by atoms with Crippen molar-refractivity contribution in [3.8, 4) is 0 Å². The van der Waals surface area contributed by atoms with E-state index in [-0.39, 0.29) is 5.69 Å². The van der Waals surface area contributed by atoms with Gasteiger partial charge >= 0.3 is 5.97 Å². The van der Waals surface area contributed by atoms with Crippen LogP contribution in [-0.2, 0) is 0 Å². The van der Waals surface area contributed by atoms with E-state index in [4.69, 9.17) is 0 Å². The van der Waals surface area contributed by atoms with Crippen LogP contribution in [0.2, 0.25) is 0 Å². The Morgan fingerprint density at radius 1 is 1.30 bits per heavy atom. The molecule has 0 atom stereocenters. The van der Waals surface area contributed by atoms with Crippen molar-refractivity contribution in [3.63, 3.8) is 0 Å². The van der Waals surface area contributed by atoms with Gasteiger partial charge in [0.05, 0.1) is 6.04 Å². The van der Waals surface area contributed by atoms with Gasteiger partial charge in [-0.15, -0.1) is 0 Å². The first kappa shape index (κ1) is 13.1. The van der Waals surface area contributed by atoms with Crippen LogP contribution in [0.1, 0.15) is 29.8 Å². The lowest BCUT2D eigenvalue weighted by Crippen LogP contribution is -2.51. The second-order valence-electron chi connectivity index (χ2n) is 5.29. The molecule has 0 saturated carbocycles. The first-order valence-corrected chi connectivity index (χ1v) is 7.07. The van der Waals surface area contributed by atoms with Crippen LogP contribution in [-0.4, -0.2) is 53.3 Å². The molecular weight excluding hydrogens is 258 g/mol.